The maximum Gasteiger partial charge on any atom is 0.225 e. The number of nitrogens with zero attached hydrogens (tertiary/aromatic N) is 2. The summed E-state index contributed by atoms with van der Waals surface area (Å²) >= 11 is 5.85. The lowest BCUT2D eigenvalue weighted by Crippen LogP contribution is -2.29. The number of amides is 1. The van der Waals surface area contributed by atoms with Crippen molar-refractivity contribution in [1.82, 2.24) is 9.88 Å². The van der Waals surface area contributed by atoms with Crippen LogP contribution in [-0.4, -0.2) is 15.8 Å². The standard InChI is InChI=1S/C11H13ClN2O/c1-7(2)11(15)14-5-8-3-9(12)4-13-10(8)6-14/h3-4,7H,5-6H2,1-2H3. The lowest BCUT2D eigenvalue weighted by molar-refractivity contribution is -0.135. The van der Waals surface area contributed by atoms with Gasteiger partial charge in [-0.2, -0.15) is 0 Å². The minimum Gasteiger partial charge on any atom is -0.332 e. The van der Waals surface area contributed by atoms with E-state index in [-0.39, 0.29) is 11.8 Å². The Balaban J connectivity index is 2.19. The molecule has 15 heavy (non-hydrogen) atoms. The van der Waals surface area contributed by atoms with E-state index in [1.54, 1.807) is 6.20 Å². The Morgan fingerprint density at radius 3 is 2.93 bits per heavy atom. The summed E-state index contributed by atoms with van der Waals surface area (Å²) < 4.78 is 0. The Morgan fingerprint density at radius 2 is 2.27 bits per heavy atom. The first-order valence-corrected chi connectivity index (χ1v) is 5.38. The van der Waals surface area contributed by atoms with Crippen LogP contribution in [0.25, 0.3) is 0 Å². The van der Waals surface area contributed by atoms with Gasteiger partial charge in [0, 0.05) is 18.7 Å². The Hall–Kier alpha value is -1.09. The molecule has 0 bridgehead atoms. The number of pyridine rings is 1. The number of halogens is 1. The highest BCUT2D eigenvalue weighted by molar-refractivity contribution is 6.30. The van der Waals surface area contributed by atoms with E-state index in [2.05, 4.69) is 4.98 Å². The van der Waals surface area contributed by atoms with E-state index in [9.17, 15) is 4.79 Å². The Labute approximate surface area is 94.1 Å². The van der Waals surface area contributed by atoms with Gasteiger partial charge in [0.05, 0.1) is 17.3 Å². The zero-order chi connectivity index (χ0) is 11.0. The van der Waals surface area contributed by atoms with Crippen molar-refractivity contribution in [2.75, 3.05) is 0 Å². The van der Waals surface area contributed by atoms with Crippen LogP contribution >= 0.6 is 11.6 Å². The number of hydrogen-bond donors (Lipinski definition) is 0. The average Bonchev–Trinajstić information content (AvgIpc) is 2.58. The van der Waals surface area contributed by atoms with Gasteiger partial charge in [-0.25, -0.2) is 0 Å². The third kappa shape index (κ3) is 1.97. The number of aromatic nitrogens is 1. The zero-order valence-corrected chi connectivity index (χ0v) is 9.58. The Morgan fingerprint density at radius 1 is 1.53 bits per heavy atom. The molecule has 0 unspecified atom stereocenters. The minimum atomic E-state index is 0.0368. The summed E-state index contributed by atoms with van der Waals surface area (Å²) in [7, 11) is 0. The summed E-state index contributed by atoms with van der Waals surface area (Å²) in [5.41, 5.74) is 2.03. The number of rotatable bonds is 1. The zero-order valence-electron chi connectivity index (χ0n) is 8.83. The summed E-state index contributed by atoms with van der Waals surface area (Å²) in [6.45, 7) is 5.07. The Kier molecular flexibility index (Phi) is 2.65. The van der Waals surface area contributed by atoms with Crippen molar-refractivity contribution in [1.29, 1.82) is 0 Å². The van der Waals surface area contributed by atoms with Crippen LogP contribution in [0.4, 0.5) is 0 Å². The second-order valence-corrected chi connectivity index (χ2v) is 4.54. The molecule has 1 aliphatic rings. The summed E-state index contributed by atoms with van der Waals surface area (Å²) in [5.74, 6) is 0.207. The first-order valence-electron chi connectivity index (χ1n) is 5.00. The summed E-state index contributed by atoms with van der Waals surface area (Å²) in [4.78, 5) is 17.8. The predicted octanol–water partition coefficient (Wildman–Crippen LogP) is 2.23. The number of carbonyl (C=O) groups is 1. The van der Waals surface area contributed by atoms with Crippen LogP contribution < -0.4 is 0 Å². The normalized spacial score (nSPS) is 14.5. The van der Waals surface area contributed by atoms with Crippen LogP contribution in [0.15, 0.2) is 12.3 Å². The van der Waals surface area contributed by atoms with Gasteiger partial charge in [-0.05, 0) is 11.6 Å². The van der Waals surface area contributed by atoms with Gasteiger partial charge in [0.1, 0.15) is 0 Å². The Bertz CT molecular complexity index is 404. The molecular formula is C11H13ClN2O. The van der Waals surface area contributed by atoms with Crippen LogP contribution in [0.5, 0.6) is 0 Å². The highest BCUT2D eigenvalue weighted by Crippen LogP contribution is 2.24. The van der Waals surface area contributed by atoms with E-state index in [1.165, 1.54) is 0 Å². The average molecular weight is 225 g/mol. The predicted molar refractivity (Wildman–Crippen MR) is 58.3 cm³/mol. The van der Waals surface area contributed by atoms with Crippen molar-refractivity contribution in [2.24, 2.45) is 5.92 Å². The first kappa shape index (κ1) is 10.4. The van der Waals surface area contributed by atoms with Gasteiger partial charge in [0.25, 0.3) is 0 Å². The molecule has 1 aliphatic heterocycles. The molecule has 80 valence electrons. The third-order valence-corrected chi connectivity index (χ3v) is 2.74. The molecule has 0 fully saturated rings. The van der Waals surface area contributed by atoms with Crippen molar-refractivity contribution in [2.45, 2.75) is 26.9 Å². The SMILES string of the molecule is CC(C)C(=O)N1Cc2cc(Cl)cnc2C1. The quantitative estimate of drug-likeness (QED) is 0.733. The first-order chi connectivity index (χ1) is 7.08. The minimum absolute atomic E-state index is 0.0368. The van der Waals surface area contributed by atoms with Gasteiger partial charge >= 0.3 is 0 Å². The van der Waals surface area contributed by atoms with Crippen LogP contribution in [0.2, 0.25) is 5.02 Å². The van der Waals surface area contributed by atoms with Gasteiger partial charge in [0.2, 0.25) is 5.91 Å². The van der Waals surface area contributed by atoms with Gasteiger partial charge < -0.3 is 4.90 Å². The summed E-state index contributed by atoms with van der Waals surface area (Å²) in [6, 6.07) is 1.89. The summed E-state index contributed by atoms with van der Waals surface area (Å²) in [5, 5.41) is 0.632. The van der Waals surface area contributed by atoms with Gasteiger partial charge in [-0.3, -0.25) is 9.78 Å². The molecule has 0 spiro atoms. The second kappa shape index (κ2) is 3.81. The fourth-order valence-corrected chi connectivity index (χ4v) is 1.93. The van der Waals surface area contributed by atoms with Crippen molar-refractivity contribution in [3.63, 3.8) is 0 Å². The smallest absolute Gasteiger partial charge is 0.225 e. The van der Waals surface area contributed by atoms with E-state index < -0.39 is 0 Å². The van der Waals surface area contributed by atoms with E-state index in [4.69, 9.17) is 11.6 Å². The topological polar surface area (TPSA) is 33.2 Å². The van der Waals surface area contributed by atoms with Crippen LogP contribution in [0.1, 0.15) is 25.1 Å². The highest BCUT2D eigenvalue weighted by atomic mass is 35.5. The molecule has 1 aromatic rings. The third-order valence-electron chi connectivity index (χ3n) is 2.53. The van der Waals surface area contributed by atoms with Crippen molar-refractivity contribution in [3.05, 3.63) is 28.5 Å². The van der Waals surface area contributed by atoms with Crippen molar-refractivity contribution < 1.29 is 4.79 Å². The molecule has 0 N–H and O–H groups in total. The number of carbonyl (C=O) groups excluding carboxylic acids is 1. The lowest BCUT2D eigenvalue weighted by atomic mass is 10.2. The maximum absolute atomic E-state index is 11.8. The molecule has 2 heterocycles. The molecule has 0 radical (unpaired) electrons. The van der Waals surface area contributed by atoms with Crippen molar-refractivity contribution >= 4 is 17.5 Å². The second-order valence-electron chi connectivity index (χ2n) is 4.11. The number of hydrogen-bond acceptors (Lipinski definition) is 2. The van der Waals surface area contributed by atoms with Crippen LogP contribution in [0.3, 0.4) is 0 Å². The molecular weight excluding hydrogens is 212 g/mol. The highest BCUT2D eigenvalue weighted by Gasteiger charge is 2.25. The van der Waals surface area contributed by atoms with Gasteiger partial charge in [0.15, 0.2) is 0 Å². The van der Waals surface area contributed by atoms with Gasteiger partial charge in [-0.15, -0.1) is 0 Å². The fraction of sp³-hybridized carbons (Fsp3) is 0.455. The molecule has 0 aliphatic carbocycles. The lowest BCUT2D eigenvalue weighted by Gasteiger charge is -2.17. The molecule has 0 saturated heterocycles. The fourth-order valence-electron chi connectivity index (χ4n) is 1.75. The molecule has 1 amide bonds. The molecule has 4 heteroatoms. The molecule has 0 saturated carbocycles. The maximum atomic E-state index is 11.8. The molecule has 0 aromatic carbocycles. The van der Waals surface area contributed by atoms with Gasteiger partial charge in [-0.1, -0.05) is 25.4 Å². The molecule has 0 atom stereocenters. The van der Waals surface area contributed by atoms with Crippen molar-refractivity contribution in [3.8, 4) is 0 Å². The van der Waals surface area contributed by atoms with E-state index in [0.717, 1.165) is 11.3 Å². The van der Waals surface area contributed by atoms with E-state index in [0.29, 0.717) is 18.1 Å². The molecule has 3 nitrogen and oxygen atoms in total. The molecule has 1 aromatic heterocycles. The van der Waals surface area contributed by atoms with Crippen LogP contribution in [0, 0.1) is 5.92 Å². The monoisotopic (exact) mass is 224 g/mol. The number of fused-ring (bicyclic) bond motifs is 1. The largest absolute Gasteiger partial charge is 0.332 e. The molecule has 2 rings (SSSR count). The summed E-state index contributed by atoms with van der Waals surface area (Å²) in [6.07, 6.45) is 1.63. The van der Waals surface area contributed by atoms with Crippen LogP contribution in [-0.2, 0) is 17.9 Å². The van der Waals surface area contributed by atoms with E-state index in [1.807, 2.05) is 24.8 Å². The van der Waals surface area contributed by atoms with E-state index >= 15 is 0 Å².